The summed E-state index contributed by atoms with van der Waals surface area (Å²) in [5.41, 5.74) is 0.449. The first-order valence-electron chi connectivity index (χ1n) is 6.40. The molecule has 0 aliphatic carbocycles. The number of rotatable bonds is 5. The van der Waals surface area contributed by atoms with Crippen molar-refractivity contribution in [3.63, 3.8) is 0 Å². The minimum atomic E-state index is -0.761. The molecular formula is C13H20N4O2. The summed E-state index contributed by atoms with van der Waals surface area (Å²) in [4.78, 5) is 18.3. The number of aromatic amines is 1. The Labute approximate surface area is 111 Å². The first-order valence-corrected chi connectivity index (χ1v) is 6.40. The quantitative estimate of drug-likeness (QED) is 0.830. The number of fused-ring (bicyclic) bond motifs is 1. The number of nitrogens with one attached hydrogen (secondary N) is 1. The van der Waals surface area contributed by atoms with Gasteiger partial charge in [0.05, 0.1) is 11.3 Å². The Morgan fingerprint density at radius 3 is 2.89 bits per heavy atom. The number of hydrogen-bond donors (Lipinski definition) is 2. The van der Waals surface area contributed by atoms with Crippen molar-refractivity contribution in [3.8, 4) is 0 Å². The molecule has 0 radical (unpaired) electrons. The van der Waals surface area contributed by atoms with Crippen LogP contribution in [0.1, 0.15) is 26.5 Å². The normalized spacial score (nSPS) is 12.5. The van der Waals surface area contributed by atoms with E-state index in [1.165, 1.54) is 10.6 Å². The highest BCUT2D eigenvalue weighted by atomic mass is 16.3. The highest BCUT2D eigenvalue weighted by Crippen LogP contribution is 2.08. The lowest BCUT2D eigenvalue weighted by Crippen LogP contribution is -2.38. The standard InChI is InChI=1S/C13H20N4O2/c1-4-16(9-13(2,3)19)8-10-7-12(18)17-11(15-10)5-6-14-17/h5-7,14,19H,4,8-9H2,1-3H3. The minimum absolute atomic E-state index is 0.121. The van der Waals surface area contributed by atoms with E-state index in [0.29, 0.717) is 18.7 Å². The van der Waals surface area contributed by atoms with E-state index in [0.717, 1.165) is 12.2 Å². The van der Waals surface area contributed by atoms with Gasteiger partial charge in [0.2, 0.25) is 0 Å². The third-order valence-corrected chi connectivity index (χ3v) is 2.88. The van der Waals surface area contributed by atoms with Gasteiger partial charge in [-0.1, -0.05) is 6.92 Å². The number of nitrogens with zero attached hydrogens (tertiary/aromatic N) is 3. The molecule has 0 aliphatic heterocycles. The largest absolute Gasteiger partial charge is 0.389 e. The summed E-state index contributed by atoms with van der Waals surface area (Å²) in [6.45, 7) is 7.45. The molecule has 2 N–H and O–H groups in total. The van der Waals surface area contributed by atoms with Gasteiger partial charge in [0.25, 0.3) is 5.56 Å². The van der Waals surface area contributed by atoms with Crippen molar-refractivity contribution in [1.82, 2.24) is 19.5 Å². The van der Waals surface area contributed by atoms with Gasteiger partial charge >= 0.3 is 0 Å². The Bertz CT molecular complexity index is 609. The van der Waals surface area contributed by atoms with Crippen LogP contribution in [0.5, 0.6) is 0 Å². The van der Waals surface area contributed by atoms with Gasteiger partial charge in [-0.15, -0.1) is 0 Å². The average molecular weight is 264 g/mol. The van der Waals surface area contributed by atoms with Crippen LogP contribution in [0, 0.1) is 0 Å². The molecule has 0 bridgehead atoms. The van der Waals surface area contributed by atoms with Gasteiger partial charge < -0.3 is 5.11 Å². The Morgan fingerprint density at radius 1 is 1.53 bits per heavy atom. The van der Waals surface area contributed by atoms with Crippen LogP contribution in [0.2, 0.25) is 0 Å². The molecule has 104 valence electrons. The lowest BCUT2D eigenvalue weighted by Gasteiger charge is -2.27. The highest BCUT2D eigenvalue weighted by Gasteiger charge is 2.18. The van der Waals surface area contributed by atoms with Crippen molar-refractivity contribution in [3.05, 3.63) is 34.4 Å². The maximum absolute atomic E-state index is 11.8. The first kappa shape index (κ1) is 13.8. The fraction of sp³-hybridized carbons (Fsp3) is 0.538. The van der Waals surface area contributed by atoms with Gasteiger partial charge in [0.1, 0.15) is 0 Å². The number of aromatic nitrogens is 3. The van der Waals surface area contributed by atoms with Crippen LogP contribution in [0.25, 0.3) is 5.65 Å². The Hall–Kier alpha value is -1.66. The van der Waals surface area contributed by atoms with E-state index in [1.54, 1.807) is 26.1 Å². The second kappa shape index (κ2) is 5.14. The van der Waals surface area contributed by atoms with Gasteiger partial charge in [-0.3, -0.25) is 14.8 Å². The van der Waals surface area contributed by atoms with Crippen LogP contribution < -0.4 is 5.56 Å². The van der Waals surface area contributed by atoms with E-state index >= 15 is 0 Å². The molecule has 0 atom stereocenters. The molecule has 2 aromatic rings. The summed E-state index contributed by atoms with van der Waals surface area (Å²) in [6.07, 6.45) is 1.68. The van der Waals surface area contributed by atoms with Gasteiger partial charge in [-0.05, 0) is 20.4 Å². The van der Waals surface area contributed by atoms with Gasteiger partial charge in [0.15, 0.2) is 5.65 Å². The molecule has 0 spiro atoms. The molecule has 19 heavy (non-hydrogen) atoms. The summed E-state index contributed by atoms with van der Waals surface area (Å²) in [5, 5.41) is 12.7. The van der Waals surface area contributed by atoms with Gasteiger partial charge in [-0.2, -0.15) is 0 Å². The summed E-state index contributed by atoms with van der Waals surface area (Å²) in [6, 6.07) is 3.29. The smallest absolute Gasteiger partial charge is 0.272 e. The van der Waals surface area contributed by atoms with Crippen LogP contribution in [0.3, 0.4) is 0 Å². The number of H-pyrrole nitrogens is 1. The first-order chi connectivity index (χ1) is 8.89. The van der Waals surface area contributed by atoms with Crippen molar-refractivity contribution in [2.75, 3.05) is 13.1 Å². The average Bonchev–Trinajstić information content (AvgIpc) is 2.74. The van der Waals surface area contributed by atoms with E-state index in [2.05, 4.69) is 15.0 Å². The maximum atomic E-state index is 11.8. The fourth-order valence-corrected chi connectivity index (χ4v) is 2.11. The monoisotopic (exact) mass is 264 g/mol. The lowest BCUT2D eigenvalue weighted by molar-refractivity contribution is 0.0350. The molecule has 6 nitrogen and oxygen atoms in total. The predicted molar refractivity (Wildman–Crippen MR) is 73.1 cm³/mol. The summed E-state index contributed by atoms with van der Waals surface area (Å²) in [5.74, 6) is 0. The Balaban J connectivity index is 2.22. The third-order valence-electron chi connectivity index (χ3n) is 2.88. The SMILES string of the molecule is CCN(Cc1cc(=O)n2[nH]ccc2n1)CC(C)(C)O. The molecule has 0 amide bonds. The van der Waals surface area contributed by atoms with Crippen molar-refractivity contribution in [1.29, 1.82) is 0 Å². The van der Waals surface area contributed by atoms with Crippen molar-refractivity contribution in [2.24, 2.45) is 0 Å². The van der Waals surface area contributed by atoms with Crippen LogP contribution in [-0.4, -0.2) is 43.3 Å². The Morgan fingerprint density at radius 2 is 2.26 bits per heavy atom. The molecule has 2 rings (SSSR count). The molecule has 0 aliphatic rings. The van der Waals surface area contributed by atoms with Crippen molar-refractivity contribution < 1.29 is 5.11 Å². The molecule has 0 saturated heterocycles. The molecule has 0 fully saturated rings. The minimum Gasteiger partial charge on any atom is -0.389 e. The molecule has 0 saturated carbocycles. The predicted octanol–water partition coefficient (Wildman–Crippen LogP) is 0.615. The summed E-state index contributed by atoms with van der Waals surface area (Å²) < 4.78 is 1.40. The highest BCUT2D eigenvalue weighted by molar-refractivity contribution is 5.36. The maximum Gasteiger partial charge on any atom is 0.272 e. The molecule has 6 heteroatoms. The van der Waals surface area contributed by atoms with Crippen LogP contribution in [-0.2, 0) is 6.54 Å². The zero-order valence-corrected chi connectivity index (χ0v) is 11.6. The second-order valence-electron chi connectivity index (χ2n) is 5.36. The molecule has 2 aromatic heterocycles. The fourth-order valence-electron chi connectivity index (χ4n) is 2.11. The summed E-state index contributed by atoms with van der Waals surface area (Å²) in [7, 11) is 0. The van der Waals surface area contributed by atoms with E-state index in [1.807, 2.05) is 6.92 Å². The Kier molecular flexibility index (Phi) is 3.73. The third kappa shape index (κ3) is 3.42. The number of aliphatic hydroxyl groups is 1. The van der Waals surface area contributed by atoms with Crippen molar-refractivity contribution in [2.45, 2.75) is 32.9 Å². The topological polar surface area (TPSA) is 73.6 Å². The van der Waals surface area contributed by atoms with Crippen LogP contribution in [0.15, 0.2) is 23.1 Å². The summed E-state index contributed by atoms with van der Waals surface area (Å²) >= 11 is 0. The van der Waals surface area contributed by atoms with Gasteiger partial charge in [-0.25, -0.2) is 9.50 Å². The number of hydrogen-bond acceptors (Lipinski definition) is 4. The second-order valence-corrected chi connectivity index (χ2v) is 5.36. The van der Waals surface area contributed by atoms with E-state index in [-0.39, 0.29) is 5.56 Å². The van der Waals surface area contributed by atoms with Gasteiger partial charge in [0, 0.05) is 31.4 Å². The zero-order valence-electron chi connectivity index (χ0n) is 11.6. The van der Waals surface area contributed by atoms with Crippen LogP contribution >= 0.6 is 0 Å². The van der Waals surface area contributed by atoms with Crippen molar-refractivity contribution >= 4 is 5.65 Å². The lowest BCUT2D eigenvalue weighted by atomic mass is 10.1. The zero-order chi connectivity index (χ0) is 14.0. The molecule has 0 aromatic carbocycles. The van der Waals surface area contributed by atoms with E-state index < -0.39 is 5.60 Å². The molecular weight excluding hydrogens is 244 g/mol. The molecule has 2 heterocycles. The number of likely N-dealkylation sites (N-methyl/N-ethyl adjacent to an activating group) is 1. The van der Waals surface area contributed by atoms with E-state index in [9.17, 15) is 9.90 Å². The van der Waals surface area contributed by atoms with Crippen LogP contribution in [0.4, 0.5) is 0 Å². The van der Waals surface area contributed by atoms with E-state index in [4.69, 9.17) is 0 Å². The molecule has 0 unspecified atom stereocenters.